The van der Waals surface area contributed by atoms with Gasteiger partial charge in [0.05, 0.1) is 0 Å². The van der Waals surface area contributed by atoms with Gasteiger partial charge in [-0.2, -0.15) is 0 Å². The molecule has 0 heterocycles. The largest absolute Gasteiger partial charge is 0.230 e. The van der Waals surface area contributed by atoms with Crippen LogP contribution in [0.25, 0.3) is 0 Å². The van der Waals surface area contributed by atoms with Gasteiger partial charge in [0.1, 0.15) is 5.00 Å². The first-order valence-corrected chi connectivity index (χ1v) is 4.49. The lowest BCUT2D eigenvalue weighted by atomic mass is 10.2. The first-order valence-electron chi connectivity index (χ1n) is 3.15. The second-order valence-electron chi connectivity index (χ2n) is 2.10. The molecule has 0 saturated heterocycles. The van der Waals surface area contributed by atoms with Gasteiger partial charge in [0.15, 0.2) is 0 Å². The van der Waals surface area contributed by atoms with E-state index < -0.39 is 0 Å². The van der Waals surface area contributed by atoms with Gasteiger partial charge in [-0.05, 0) is 19.9 Å². The zero-order valence-corrected chi connectivity index (χ0v) is 9.03. The van der Waals surface area contributed by atoms with E-state index >= 15 is 0 Å². The fourth-order valence-electron chi connectivity index (χ4n) is 0.686. The Morgan fingerprint density at radius 3 is 1.78 bits per heavy atom. The summed E-state index contributed by atoms with van der Waals surface area (Å²) in [5.41, 5.74) is 0. The van der Waals surface area contributed by atoms with Gasteiger partial charge in [-0.3, -0.25) is 0 Å². The molecular weight excluding hydrogens is 248 g/mol. The lowest BCUT2D eigenvalue weighted by molar-refractivity contribution is 0.356. The van der Waals surface area contributed by atoms with E-state index in [0.29, 0.717) is 0 Å². The number of hydrogen-bond donors (Lipinski definition) is 0. The Kier molecular flexibility index (Phi) is 4.42. The van der Waals surface area contributed by atoms with Crippen molar-refractivity contribution in [1.82, 2.24) is 3.11 Å². The number of halogens is 2. The van der Waals surface area contributed by atoms with Gasteiger partial charge in [0.25, 0.3) is 0 Å². The van der Waals surface area contributed by atoms with Crippen molar-refractivity contribution < 1.29 is 0 Å². The van der Waals surface area contributed by atoms with E-state index in [1.165, 1.54) is 0 Å². The van der Waals surface area contributed by atoms with Crippen molar-refractivity contribution in [1.29, 1.82) is 0 Å². The maximum Gasteiger partial charge on any atom is 0.104 e. The van der Waals surface area contributed by atoms with Gasteiger partial charge in [-0.25, -0.2) is 3.11 Å². The van der Waals surface area contributed by atoms with Crippen molar-refractivity contribution in [3.63, 3.8) is 0 Å². The molecule has 1 nitrogen and oxygen atoms in total. The van der Waals surface area contributed by atoms with Gasteiger partial charge in [0, 0.05) is 22.9 Å². The lowest BCUT2D eigenvalue weighted by Crippen LogP contribution is -2.32. The van der Waals surface area contributed by atoms with E-state index in [9.17, 15) is 0 Å². The van der Waals surface area contributed by atoms with E-state index in [4.69, 9.17) is 11.6 Å². The second kappa shape index (κ2) is 3.98. The smallest absolute Gasteiger partial charge is 0.104 e. The van der Waals surface area contributed by atoms with Crippen molar-refractivity contribution in [2.75, 3.05) is 7.05 Å². The van der Waals surface area contributed by atoms with Crippen LogP contribution in [0, 0.1) is 0 Å². The molecule has 0 saturated carbocycles. The third-order valence-electron chi connectivity index (χ3n) is 1.64. The monoisotopic (exact) mass is 261 g/mol. The van der Waals surface area contributed by atoms with Crippen molar-refractivity contribution in [2.24, 2.45) is 0 Å². The fourth-order valence-corrected chi connectivity index (χ4v) is 1.37. The first-order chi connectivity index (χ1) is 4.06. The minimum Gasteiger partial charge on any atom is -0.230 e. The zero-order valence-electron chi connectivity index (χ0n) is 6.12. The van der Waals surface area contributed by atoms with Gasteiger partial charge in [-0.15, -0.1) is 11.6 Å². The SMILES string of the molecule is CCC(Cl)(CC)N(C)I. The maximum atomic E-state index is 6.16. The van der Waals surface area contributed by atoms with E-state index in [1.54, 1.807) is 0 Å². The summed E-state index contributed by atoms with van der Waals surface area (Å²) in [4.78, 5) is -0.124. The molecular formula is C6H13ClIN. The molecule has 3 heteroatoms. The molecule has 0 aromatic carbocycles. The second-order valence-corrected chi connectivity index (χ2v) is 4.25. The fraction of sp³-hybridized carbons (Fsp3) is 1.00. The van der Waals surface area contributed by atoms with Gasteiger partial charge in [-0.1, -0.05) is 13.8 Å². The third-order valence-corrected chi connectivity index (χ3v) is 3.63. The van der Waals surface area contributed by atoms with E-state index in [1.807, 2.05) is 10.2 Å². The summed E-state index contributed by atoms with van der Waals surface area (Å²) in [6.07, 6.45) is 1.98. The molecule has 0 spiro atoms. The highest BCUT2D eigenvalue weighted by molar-refractivity contribution is 14.1. The van der Waals surface area contributed by atoms with Crippen molar-refractivity contribution in [3.05, 3.63) is 0 Å². The summed E-state index contributed by atoms with van der Waals surface area (Å²) in [6.45, 7) is 4.21. The Labute approximate surface area is 76.2 Å². The zero-order chi connectivity index (χ0) is 7.49. The van der Waals surface area contributed by atoms with Crippen LogP contribution in [0.1, 0.15) is 26.7 Å². The Morgan fingerprint density at radius 1 is 1.44 bits per heavy atom. The van der Waals surface area contributed by atoms with E-state index in [2.05, 4.69) is 36.7 Å². The molecule has 9 heavy (non-hydrogen) atoms. The van der Waals surface area contributed by atoms with Crippen LogP contribution in [-0.4, -0.2) is 15.2 Å². The Bertz CT molecular complexity index is 81.1. The first kappa shape index (κ1) is 9.98. The van der Waals surface area contributed by atoms with Crippen molar-refractivity contribution >= 4 is 34.5 Å². The molecule has 0 bridgehead atoms. The Balaban J connectivity index is 3.92. The molecule has 0 N–H and O–H groups in total. The number of hydrogen-bond acceptors (Lipinski definition) is 1. The molecule has 0 aromatic rings. The molecule has 0 rings (SSSR count). The quantitative estimate of drug-likeness (QED) is 0.327. The van der Waals surface area contributed by atoms with Crippen LogP contribution in [0.3, 0.4) is 0 Å². The van der Waals surface area contributed by atoms with Crippen molar-refractivity contribution in [2.45, 2.75) is 31.7 Å². The average molecular weight is 262 g/mol. The number of nitrogens with zero attached hydrogens (tertiary/aromatic N) is 1. The van der Waals surface area contributed by atoms with Gasteiger partial charge < -0.3 is 0 Å². The summed E-state index contributed by atoms with van der Waals surface area (Å²) >= 11 is 8.38. The minimum absolute atomic E-state index is 0.124. The topological polar surface area (TPSA) is 3.24 Å². The molecule has 0 radical (unpaired) electrons. The van der Waals surface area contributed by atoms with Crippen LogP contribution in [0.2, 0.25) is 0 Å². The lowest BCUT2D eigenvalue weighted by Gasteiger charge is -2.29. The maximum absolute atomic E-state index is 6.16. The van der Waals surface area contributed by atoms with Crippen LogP contribution in [0.15, 0.2) is 0 Å². The highest BCUT2D eigenvalue weighted by Gasteiger charge is 2.25. The standard InChI is InChI=1S/C6H13ClIN/c1-4-6(7,5-2)9(3)8/h4-5H2,1-3H3. The Hall–Kier alpha value is 0.980. The predicted molar refractivity (Wildman–Crippen MR) is 50.9 cm³/mol. The molecule has 0 aliphatic heterocycles. The molecule has 0 fully saturated rings. The molecule has 0 atom stereocenters. The summed E-state index contributed by atoms with van der Waals surface area (Å²) in [5, 5.41) is 0. The molecule has 0 amide bonds. The van der Waals surface area contributed by atoms with Crippen LogP contribution < -0.4 is 0 Å². The van der Waals surface area contributed by atoms with Gasteiger partial charge >= 0.3 is 0 Å². The highest BCUT2D eigenvalue weighted by atomic mass is 127. The summed E-state index contributed by atoms with van der Waals surface area (Å²) < 4.78 is 2.03. The van der Waals surface area contributed by atoms with Crippen LogP contribution in [0.4, 0.5) is 0 Å². The third kappa shape index (κ3) is 2.60. The van der Waals surface area contributed by atoms with Crippen LogP contribution in [-0.2, 0) is 0 Å². The average Bonchev–Trinajstić information content (AvgIpc) is 1.86. The highest BCUT2D eigenvalue weighted by Crippen LogP contribution is 2.29. The number of rotatable bonds is 3. The normalized spacial score (nSPS) is 12.7. The predicted octanol–water partition coefficient (Wildman–Crippen LogP) is 3.02. The van der Waals surface area contributed by atoms with E-state index in [-0.39, 0.29) is 5.00 Å². The molecule has 0 aliphatic rings. The molecule has 56 valence electrons. The Morgan fingerprint density at radius 2 is 1.78 bits per heavy atom. The van der Waals surface area contributed by atoms with E-state index in [0.717, 1.165) is 12.8 Å². The number of alkyl halides is 1. The molecule has 0 aliphatic carbocycles. The molecule has 0 unspecified atom stereocenters. The summed E-state index contributed by atoms with van der Waals surface area (Å²) in [5.74, 6) is 0. The summed E-state index contributed by atoms with van der Waals surface area (Å²) in [6, 6.07) is 0. The van der Waals surface area contributed by atoms with Gasteiger partial charge in [0.2, 0.25) is 0 Å². The van der Waals surface area contributed by atoms with Crippen LogP contribution in [0.5, 0.6) is 0 Å². The minimum atomic E-state index is -0.124. The summed E-state index contributed by atoms with van der Waals surface area (Å²) in [7, 11) is 2.00. The van der Waals surface area contributed by atoms with Crippen LogP contribution >= 0.6 is 34.5 Å². The van der Waals surface area contributed by atoms with Crippen molar-refractivity contribution in [3.8, 4) is 0 Å². The molecule has 0 aromatic heterocycles.